The molecule has 0 atom stereocenters. The van der Waals surface area contributed by atoms with E-state index in [0.29, 0.717) is 16.7 Å². The summed E-state index contributed by atoms with van der Waals surface area (Å²) in [4.78, 5) is 10.8. The smallest absolute Gasteiger partial charge is 0.337 e. The lowest BCUT2D eigenvalue weighted by Crippen LogP contribution is -1.99. The van der Waals surface area contributed by atoms with Gasteiger partial charge in [-0.05, 0) is 39.7 Å². The molecule has 0 radical (unpaired) electrons. The van der Waals surface area contributed by atoms with E-state index in [1.807, 2.05) is 0 Å². The van der Waals surface area contributed by atoms with Gasteiger partial charge in [0.2, 0.25) is 0 Å². The van der Waals surface area contributed by atoms with Crippen LogP contribution < -0.4 is 0 Å². The highest BCUT2D eigenvalue weighted by Gasteiger charge is 2.10. The molecule has 0 bridgehead atoms. The lowest BCUT2D eigenvalue weighted by molar-refractivity contribution is 0.0697. The van der Waals surface area contributed by atoms with Crippen molar-refractivity contribution in [1.29, 1.82) is 0 Å². The van der Waals surface area contributed by atoms with Gasteiger partial charge in [-0.2, -0.15) is 0 Å². The summed E-state index contributed by atoms with van der Waals surface area (Å²) >= 11 is 8.85. The standard InChI is InChI=1S/C12H8BrClFNO2/c13-11-4-8(12(17)18)6-16(11)5-7-1-2-9(14)10(15)3-7/h1-4,6H,5H2,(H,17,18). The van der Waals surface area contributed by atoms with Gasteiger partial charge >= 0.3 is 5.97 Å². The molecule has 1 N–H and O–H groups in total. The highest BCUT2D eigenvalue weighted by Crippen LogP contribution is 2.20. The van der Waals surface area contributed by atoms with Gasteiger partial charge in [0, 0.05) is 12.7 Å². The monoisotopic (exact) mass is 331 g/mol. The zero-order chi connectivity index (χ0) is 13.3. The minimum absolute atomic E-state index is 0.0662. The van der Waals surface area contributed by atoms with Gasteiger partial charge in [0.1, 0.15) is 5.82 Å². The van der Waals surface area contributed by atoms with Gasteiger partial charge in [-0.1, -0.05) is 17.7 Å². The van der Waals surface area contributed by atoms with Crippen LogP contribution in [-0.2, 0) is 6.54 Å². The number of rotatable bonds is 3. The molecule has 2 rings (SSSR count). The van der Waals surface area contributed by atoms with Gasteiger partial charge < -0.3 is 9.67 Å². The molecule has 0 spiro atoms. The van der Waals surface area contributed by atoms with Crippen LogP contribution in [0.25, 0.3) is 0 Å². The number of nitrogens with zero attached hydrogens (tertiary/aromatic N) is 1. The molecule has 1 aromatic heterocycles. The summed E-state index contributed by atoms with van der Waals surface area (Å²) in [7, 11) is 0. The molecule has 0 aliphatic rings. The molecule has 1 aromatic carbocycles. The Kier molecular flexibility index (Phi) is 3.73. The zero-order valence-electron chi connectivity index (χ0n) is 9.03. The number of benzene rings is 1. The molecular weight excluding hydrogens is 324 g/mol. The first-order chi connectivity index (χ1) is 8.47. The summed E-state index contributed by atoms with van der Waals surface area (Å²) in [6.45, 7) is 0.363. The first-order valence-electron chi connectivity index (χ1n) is 5.00. The average Bonchev–Trinajstić information content (AvgIpc) is 2.66. The van der Waals surface area contributed by atoms with Crippen molar-refractivity contribution in [2.75, 3.05) is 0 Å². The Hall–Kier alpha value is -1.33. The van der Waals surface area contributed by atoms with Crippen LogP contribution in [-0.4, -0.2) is 15.6 Å². The molecule has 18 heavy (non-hydrogen) atoms. The second-order valence-electron chi connectivity index (χ2n) is 3.73. The summed E-state index contributed by atoms with van der Waals surface area (Å²) in [6.07, 6.45) is 1.49. The first kappa shape index (κ1) is 13.1. The Labute approximate surface area is 116 Å². The Bertz CT molecular complexity index is 612. The van der Waals surface area contributed by atoms with Gasteiger partial charge in [-0.25, -0.2) is 9.18 Å². The maximum absolute atomic E-state index is 13.3. The van der Waals surface area contributed by atoms with E-state index >= 15 is 0 Å². The van der Waals surface area contributed by atoms with Crippen molar-refractivity contribution in [2.24, 2.45) is 0 Å². The van der Waals surface area contributed by atoms with E-state index in [0.717, 1.165) is 0 Å². The lowest BCUT2D eigenvalue weighted by atomic mass is 10.2. The summed E-state index contributed by atoms with van der Waals surface area (Å²) in [6, 6.07) is 5.99. The van der Waals surface area contributed by atoms with E-state index < -0.39 is 11.8 Å². The minimum Gasteiger partial charge on any atom is -0.478 e. The molecule has 3 nitrogen and oxygen atoms in total. The Balaban J connectivity index is 2.28. The topological polar surface area (TPSA) is 42.2 Å². The van der Waals surface area contributed by atoms with Gasteiger partial charge in [-0.3, -0.25) is 0 Å². The summed E-state index contributed by atoms with van der Waals surface area (Å²) in [5, 5.41) is 8.92. The van der Waals surface area contributed by atoms with Crippen molar-refractivity contribution < 1.29 is 14.3 Å². The van der Waals surface area contributed by atoms with Crippen molar-refractivity contribution in [3.8, 4) is 0 Å². The van der Waals surface area contributed by atoms with Crippen molar-refractivity contribution in [2.45, 2.75) is 6.54 Å². The molecular formula is C12H8BrClFNO2. The van der Waals surface area contributed by atoms with Crippen LogP contribution in [0.5, 0.6) is 0 Å². The summed E-state index contributed by atoms with van der Waals surface area (Å²) in [5.41, 5.74) is 0.876. The fraction of sp³-hybridized carbons (Fsp3) is 0.0833. The van der Waals surface area contributed by atoms with Crippen LogP contribution in [0.3, 0.4) is 0 Å². The zero-order valence-corrected chi connectivity index (χ0v) is 11.4. The third-order valence-electron chi connectivity index (χ3n) is 2.43. The Morgan fingerprint density at radius 3 is 2.72 bits per heavy atom. The van der Waals surface area contributed by atoms with Crippen LogP contribution in [0.4, 0.5) is 4.39 Å². The molecule has 0 aliphatic heterocycles. The van der Waals surface area contributed by atoms with Crippen LogP contribution in [0.2, 0.25) is 5.02 Å². The quantitative estimate of drug-likeness (QED) is 0.929. The van der Waals surface area contributed by atoms with Crippen LogP contribution >= 0.6 is 27.5 Å². The number of aromatic carboxylic acids is 1. The summed E-state index contributed by atoms with van der Waals surface area (Å²) in [5.74, 6) is -1.49. The van der Waals surface area contributed by atoms with E-state index in [1.54, 1.807) is 10.6 Å². The maximum atomic E-state index is 13.3. The number of carboxylic acids is 1. The van der Waals surface area contributed by atoms with E-state index in [1.165, 1.54) is 24.4 Å². The van der Waals surface area contributed by atoms with Gasteiger partial charge in [0.15, 0.2) is 0 Å². The molecule has 2 aromatic rings. The third kappa shape index (κ3) is 2.73. The number of hydrogen-bond donors (Lipinski definition) is 1. The van der Waals surface area contributed by atoms with E-state index in [9.17, 15) is 9.18 Å². The van der Waals surface area contributed by atoms with Gasteiger partial charge in [0.05, 0.1) is 15.2 Å². The fourth-order valence-electron chi connectivity index (χ4n) is 1.55. The molecule has 94 valence electrons. The number of halogens is 3. The largest absolute Gasteiger partial charge is 0.478 e. The van der Waals surface area contributed by atoms with Crippen LogP contribution in [0, 0.1) is 5.82 Å². The minimum atomic E-state index is -1.00. The van der Waals surface area contributed by atoms with Crippen molar-refractivity contribution >= 4 is 33.5 Å². The fourth-order valence-corrected chi connectivity index (χ4v) is 2.14. The Morgan fingerprint density at radius 1 is 1.44 bits per heavy atom. The third-order valence-corrected chi connectivity index (χ3v) is 3.42. The molecule has 0 unspecified atom stereocenters. The maximum Gasteiger partial charge on any atom is 0.337 e. The van der Waals surface area contributed by atoms with Crippen molar-refractivity contribution in [1.82, 2.24) is 4.57 Å². The van der Waals surface area contributed by atoms with Gasteiger partial charge in [0.25, 0.3) is 0 Å². The molecule has 6 heteroatoms. The number of carboxylic acid groups (broad SMARTS) is 1. The molecule has 0 saturated carbocycles. The second kappa shape index (κ2) is 5.12. The Morgan fingerprint density at radius 2 is 2.17 bits per heavy atom. The van der Waals surface area contributed by atoms with Crippen molar-refractivity contribution in [3.05, 3.63) is 57.0 Å². The molecule has 1 heterocycles. The number of hydrogen-bond acceptors (Lipinski definition) is 1. The highest BCUT2D eigenvalue weighted by molar-refractivity contribution is 9.10. The number of carbonyl (C=O) groups is 1. The predicted molar refractivity (Wildman–Crippen MR) is 69.6 cm³/mol. The van der Waals surface area contributed by atoms with E-state index in [-0.39, 0.29) is 10.6 Å². The predicted octanol–water partition coefficient (Wildman–Crippen LogP) is 3.79. The molecule has 0 fully saturated rings. The van der Waals surface area contributed by atoms with E-state index in [2.05, 4.69) is 15.9 Å². The molecule has 0 saturated heterocycles. The second-order valence-corrected chi connectivity index (χ2v) is 4.95. The summed E-state index contributed by atoms with van der Waals surface area (Å²) < 4.78 is 15.6. The first-order valence-corrected chi connectivity index (χ1v) is 6.17. The average molecular weight is 333 g/mol. The normalized spacial score (nSPS) is 10.6. The van der Waals surface area contributed by atoms with Crippen LogP contribution in [0.1, 0.15) is 15.9 Å². The SMILES string of the molecule is O=C(O)c1cc(Br)n(Cc2ccc(Cl)c(F)c2)c1. The highest BCUT2D eigenvalue weighted by atomic mass is 79.9. The number of aromatic nitrogens is 1. The lowest BCUT2D eigenvalue weighted by Gasteiger charge is -2.05. The van der Waals surface area contributed by atoms with E-state index in [4.69, 9.17) is 16.7 Å². The van der Waals surface area contributed by atoms with Crippen molar-refractivity contribution in [3.63, 3.8) is 0 Å². The molecule has 0 aliphatic carbocycles. The van der Waals surface area contributed by atoms with Gasteiger partial charge in [-0.15, -0.1) is 0 Å². The van der Waals surface area contributed by atoms with Crippen LogP contribution in [0.15, 0.2) is 35.1 Å². The molecule has 0 amide bonds.